The molecule has 1 atom stereocenters. The molecule has 1 unspecified atom stereocenters. The Labute approximate surface area is 122 Å². The van der Waals surface area contributed by atoms with E-state index in [1.54, 1.807) is 13.1 Å². The lowest BCUT2D eigenvalue weighted by atomic mass is 10.1. The van der Waals surface area contributed by atoms with Crippen molar-refractivity contribution < 1.29 is 14.2 Å². The molecule has 0 radical (unpaired) electrons. The number of aryl methyl sites for hydroxylation is 1. The van der Waals surface area contributed by atoms with Crippen LogP contribution in [0.25, 0.3) is 0 Å². The minimum atomic E-state index is -0.561. The van der Waals surface area contributed by atoms with E-state index in [2.05, 4.69) is 11.6 Å². The number of aromatic nitrogens is 2. The number of aliphatic imine (C=N–C) groups is 1. The molecule has 0 spiro atoms. The fourth-order valence-electron chi connectivity index (χ4n) is 2.92. The third-order valence-corrected chi connectivity index (χ3v) is 3.95. The molecule has 7 heteroatoms. The molecule has 0 saturated carbocycles. The lowest BCUT2D eigenvalue weighted by molar-refractivity contribution is -0.677. The Kier molecular flexibility index (Phi) is 2.93. The molecule has 3 rings (SSSR count). The van der Waals surface area contributed by atoms with Crippen LogP contribution in [-0.2, 0) is 11.3 Å². The van der Waals surface area contributed by atoms with Crippen LogP contribution >= 0.6 is 0 Å². The highest BCUT2D eigenvalue weighted by molar-refractivity contribution is 6.19. The molecule has 0 N–H and O–H groups in total. The zero-order valence-electron chi connectivity index (χ0n) is 12.4. The molecule has 2 aliphatic heterocycles. The molecule has 7 nitrogen and oxygen atoms in total. The molecule has 0 aliphatic carbocycles. The largest absolute Gasteiger partial charge is 0.401 e. The number of carbonyl (C=O) groups is 2. The Balaban J connectivity index is 2.13. The lowest BCUT2D eigenvalue weighted by Crippen LogP contribution is -2.62. The second kappa shape index (κ2) is 4.54. The Morgan fingerprint density at radius 2 is 2.19 bits per heavy atom. The summed E-state index contributed by atoms with van der Waals surface area (Å²) < 4.78 is 3.87. The maximum absolute atomic E-state index is 12.6. The van der Waals surface area contributed by atoms with E-state index in [-0.39, 0.29) is 18.5 Å². The monoisotopic (exact) mass is 288 g/mol. The Morgan fingerprint density at radius 1 is 1.48 bits per heavy atom. The van der Waals surface area contributed by atoms with Gasteiger partial charge in [0, 0.05) is 13.6 Å². The molecule has 0 aromatic carbocycles. The number of hydrogen-bond acceptors (Lipinski definition) is 3. The van der Waals surface area contributed by atoms with E-state index in [0.29, 0.717) is 11.8 Å². The zero-order chi connectivity index (χ0) is 15.3. The van der Waals surface area contributed by atoms with Gasteiger partial charge >= 0.3 is 12.0 Å². The van der Waals surface area contributed by atoms with Crippen LogP contribution < -0.4 is 4.57 Å². The fraction of sp³-hybridized carbons (Fsp3) is 0.429. The van der Waals surface area contributed by atoms with Crippen LogP contribution in [0.3, 0.4) is 0 Å². The van der Waals surface area contributed by atoms with Crippen LogP contribution in [0.1, 0.15) is 18.7 Å². The smallest absolute Gasteiger partial charge is 0.270 e. The minimum absolute atomic E-state index is 0.204. The Bertz CT molecular complexity index is 688. The molecule has 2 aliphatic rings. The van der Waals surface area contributed by atoms with E-state index in [0.717, 1.165) is 12.2 Å². The van der Waals surface area contributed by atoms with Crippen molar-refractivity contribution >= 4 is 23.7 Å². The van der Waals surface area contributed by atoms with Gasteiger partial charge in [-0.3, -0.25) is 14.6 Å². The maximum atomic E-state index is 12.6. The van der Waals surface area contributed by atoms with Crippen LogP contribution in [0.4, 0.5) is 10.7 Å². The number of urea groups is 1. The van der Waals surface area contributed by atoms with Crippen LogP contribution in [0.5, 0.6) is 0 Å². The van der Waals surface area contributed by atoms with Crippen LogP contribution in [0.15, 0.2) is 23.8 Å². The van der Waals surface area contributed by atoms with Gasteiger partial charge in [-0.25, -0.2) is 13.9 Å². The number of likely N-dealkylation sites (N-methyl/N-ethyl adjacent to an activating group) is 1. The fourth-order valence-corrected chi connectivity index (χ4v) is 2.92. The van der Waals surface area contributed by atoms with E-state index >= 15 is 0 Å². The molecule has 0 bridgehead atoms. The highest BCUT2D eigenvalue weighted by Gasteiger charge is 2.52. The number of amides is 3. The third-order valence-electron chi connectivity index (χ3n) is 3.95. The molecular formula is C14H18N5O2+. The second-order valence-electron chi connectivity index (χ2n) is 5.17. The molecule has 21 heavy (non-hydrogen) atoms. The number of nitrogens with zero attached hydrogens (tertiary/aromatic N) is 5. The van der Waals surface area contributed by atoms with E-state index in [4.69, 9.17) is 0 Å². The van der Waals surface area contributed by atoms with Gasteiger partial charge in [-0.05, 0) is 13.8 Å². The third kappa shape index (κ3) is 1.66. The number of hydrogen-bond donors (Lipinski definition) is 0. The maximum Gasteiger partial charge on any atom is 0.401 e. The zero-order valence-corrected chi connectivity index (χ0v) is 12.4. The van der Waals surface area contributed by atoms with Gasteiger partial charge in [-0.15, -0.1) is 6.58 Å². The summed E-state index contributed by atoms with van der Waals surface area (Å²) in [6, 6.07) is -0.922. The van der Waals surface area contributed by atoms with Gasteiger partial charge in [-0.1, -0.05) is 11.1 Å². The molecule has 1 fully saturated rings. The van der Waals surface area contributed by atoms with Crippen molar-refractivity contribution in [3.63, 3.8) is 0 Å². The summed E-state index contributed by atoms with van der Waals surface area (Å²) in [5.41, 5.74) is 1.04. The number of amidine groups is 1. The summed E-state index contributed by atoms with van der Waals surface area (Å²) in [5, 5.41) is 0. The summed E-state index contributed by atoms with van der Waals surface area (Å²) in [7, 11) is 1.65. The number of imide groups is 1. The predicted octanol–water partition coefficient (Wildman–Crippen LogP) is 0.769. The first-order valence-electron chi connectivity index (χ1n) is 6.91. The predicted molar refractivity (Wildman–Crippen MR) is 76.2 cm³/mol. The summed E-state index contributed by atoms with van der Waals surface area (Å²) in [5.74, 6) is 0.944. The van der Waals surface area contributed by atoms with Crippen LogP contribution in [0.2, 0.25) is 0 Å². The first-order chi connectivity index (χ1) is 10.0. The number of imidazole rings is 1. The molecule has 3 heterocycles. The number of rotatable bonds is 3. The van der Waals surface area contributed by atoms with Crippen molar-refractivity contribution in [2.45, 2.75) is 26.4 Å². The summed E-state index contributed by atoms with van der Waals surface area (Å²) >= 11 is 0. The Hall–Kier alpha value is -2.44. The van der Waals surface area contributed by atoms with Crippen molar-refractivity contribution in [1.29, 1.82) is 0 Å². The molecule has 1 aromatic rings. The molecule has 3 amide bonds. The lowest BCUT2D eigenvalue weighted by Gasteiger charge is -2.32. The average molecular weight is 288 g/mol. The topological polar surface area (TPSA) is 61.8 Å². The first-order valence-corrected chi connectivity index (χ1v) is 6.91. The Morgan fingerprint density at radius 3 is 2.81 bits per heavy atom. The van der Waals surface area contributed by atoms with Gasteiger partial charge in [0.25, 0.3) is 5.91 Å². The van der Waals surface area contributed by atoms with E-state index < -0.39 is 6.04 Å². The van der Waals surface area contributed by atoms with E-state index in [9.17, 15) is 9.59 Å². The standard InChI is InChI=1S/C14H18N5O2/c1-5-7-18-12(20)10-11(16(4)14(18)21)15-13-17(6-2)9(3)8-19(10)13/h5,8,10H,1,6-7H2,2-4H3/q+1. The van der Waals surface area contributed by atoms with Gasteiger partial charge < -0.3 is 0 Å². The van der Waals surface area contributed by atoms with E-state index in [1.165, 1.54) is 9.80 Å². The summed E-state index contributed by atoms with van der Waals surface area (Å²) in [4.78, 5) is 32.1. The normalized spacial score (nSPS) is 20.5. The van der Waals surface area contributed by atoms with Gasteiger partial charge in [0.15, 0.2) is 0 Å². The van der Waals surface area contributed by atoms with E-state index in [1.807, 2.05) is 29.2 Å². The second-order valence-corrected chi connectivity index (χ2v) is 5.17. The minimum Gasteiger partial charge on any atom is -0.270 e. The van der Waals surface area contributed by atoms with Crippen molar-refractivity contribution in [2.24, 2.45) is 4.99 Å². The molecule has 1 saturated heterocycles. The van der Waals surface area contributed by atoms with Gasteiger partial charge in [0.2, 0.25) is 11.9 Å². The summed E-state index contributed by atoms with van der Waals surface area (Å²) in [6.45, 7) is 8.58. The van der Waals surface area contributed by atoms with Crippen LogP contribution in [-0.4, -0.2) is 45.7 Å². The van der Waals surface area contributed by atoms with Gasteiger partial charge in [0.05, 0.1) is 6.54 Å². The van der Waals surface area contributed by atoms with Crippen molar-refractivity contribution in [1.82, 2.24) is 14.4 Å². The average Bonchev–Trinajstić information content (AvgIpc) is 2.95. The van der Waals surface area contributed by atoms with Crippen molar-refractivity contribution in [2.75, 3.05) is 13.6 Å². The highest BCUT2D eigenvalue weighted by atomic mass is 16.2. The van der Waals surface area contributed by atoms with Gasteiger partial charge in [-0.2, -0.15) is 0 Å². The molecular weight excluding hydrogens is 270 g/mol. The van der Waals surface area contributed by atoms with Gasteiger partial charge in [0.1, 0.15) is 11.9 Å². The highest BCUT2D eigenvalue weighted by Crippen LogP contribution is 2.28. The summed E-state index contributed by atoms with van der Waals surface area (Å²) in [6.07, 6.45) is 3.46. The molecule has 110 valence electrons. The number of fused-ring (bicyclic) bond motifs is 3. The van der Waals surface area contributed by atoms with Crippen molar-refractivity contribution in [3.05, 3.63) is 24.5 Å². The van der Waals surface area contributed by atoms with Crippen LogP contribution in [0, 0.1) is 6.92 Å². The SMILES string of the molecule is C=CCN1C(=O)C2C(=Nc3n(CC)c(C)c[n+]32)N(C)C1=O. The first kappa shape index (κ1) is 13.5. The molecule has 1 aromatic heterocycles. The number of carbonyl (C=O) groups excluding carboxylic acids is 2. The quantitative estimate of drug-likeness (QED) is 0.609. The van der Waals surface area contributed by atoms with Crippen molar-refractivity contribution in [3.8, 4) is 0 Å².